The van der Waals surface area contributed by atoms with E-state index >= 15 is 0 Å². The van der Waals surface area contributed by atoms with Crippen LogP contribution in [0.2, 0.25) is 0 Å². The summed E-state index contributed by atoms with van der Waals surface area (Å²) < 4.78 is 0. The molecule has 0 saturated carbocycles. The van der Waals surface area contributed by atoms with Gasteiger partial charge in [-0.15, -0.1) is 0 Å². The highest BCUT2D eigenvalue weighted by Gasteiger charge is 2.02. The third-order valence-corrected chi connectivity index (χ3v) is 1.21. The van der Waals surface area contributed by atoms with Crippen LogP contribution in [-0.4, -0.2) is 43.3 Å². The van der Waals surface area contributed by atoms with Gasteiger partial charge in [0.15, 0.2) is 0 Å². The van der Waals surface area contributed by atoms with Crippen molar-refractivity contribution in [2.75, 3.05) is 27.2 Å². The Labute approximate surface area is 60.8 Å². The SMILES string of the molecule is CNC(=O)N(C)CCCO. The van der Waals surface area contributed by atoms with Gasteiger partial charge in [-0.25, -0.2) is 4.79 Å². The summed E-state index contributed by atoms with van der Waals surface area (Å²) in [6, 6.07) is -0.117. The summed E-state index contributed by atoms with van der Waals surface area (Å²) >= 11 is 0. The Hall–Kier alpha value is -0.770. The molecule has 2 N–H and O–H groups in total. The molecule has 0 aliphatic heterocycles. The van der Waals surface area contributed by atoms with Crippen LogP contribution in [0.4, 0.5) is 4.79 Å². The molecule has 0 saturated heterocycles. The maximum atomic E-state index is 10.8. The third-order valence-electron chi connectivity index (χ3n) is 1.21. The third kappa shape index (κ3) is 3.29. The van der Waals surface area contributed by atoms with Crippen molar-refractivity contribution >= 4 is 6.03 Å². The minimum Gasteiger partial charge on any atom is -0.396 e. The molecule has 0 atom stereocenters. The fourth-order valence-corrected chi connectivity index (χ4v) is 0.600. The quantitative estimate of drug-likeness (QED) is 0.571. The summed E-state index contributed by atoms with van der Waals surface area (Å²) in [5, 5.41) is 10.9. The fraction of sp³-hybridized carbons (Fsp3) is 0.833. The van der Waals surface area contributed by atoms with Crippen molar-refractivity contribution < 1.29 is 9.90 Å². The van der Waals surface area contributed by atoms with E-state index in [4.69, 9.17) is 5.11 Å². The van der Waals surface area contributed by atoms with Gasteiger partial charge in [0.05, 0.1) is 0 Å². The number of hydrogen-bond donors (Lipinski definition) is 2. The Balaban J connectivity index is 3.41. The van der Waals surface area contributed by atoms with E-state index in [1.807, 2.05) is 0 Å². The Morgan fingerprint density at radius 1 is 1.70 bits per heavy atom. The van der Waals surface area contributed by atoms with Gasteiger partial charge < -0.3 is 15.3 Å². The van der Waals surface area contributed by atoms with Crippen molar-refractivity contribution in [3.8, 4) is 0 Å². The second kappa shape index (κ2) is 5.05. The van der Waals surface area contributed by atoms with E-state index in [0.717, 1.165) is 0 Å². The maximum Gasteiger partial charge on any atom is 0.316 e. The lowest BCUT2D eigenvalue weighted by Crippen LogP contribution is -2.35. The molecule has 0 radical (unpaired) electrons. The van der Waals surface area contributed by atoms with E-state index in [9.17, 15) is 4.79 Å². The normalized spacial score (nSPS) is 9.10. The average molecular weight is 146 g/mol. The van der Waals surface area contributed by atoms with Crippen molar-refractivity contribution in [2.24, 2.45) is 0 Å². The number of amides is 2. The molecule has 0 aromatic heterocycles. The molecule has 0 fully saturated rings. The Morgan fingerprint density at radius 3 is 2.70 bits per heavy atom. The molecule has 0 spiro atoms. The Morgan fingerprint density at radius 2 is 2.30 bits per heavy atom. The first-order chi connectivity index (χ1) is 4.72. The van der Waals surface area contributed by atoms with Gasteiger partial charge >= 0.3 is 6.03 Å². The lowest BCUT2D eigenvalue weighted by Gasteiger charge is -2.14. The molecule has 0 aliphatic carbocycles. The highest BCUT2D eigenvalue weighted by atomic mass is 16.3. The number of urea groups is 1. The van der Waals surface area contributed by atoms with E-state index < -0.39 is 0 Å². The van der Waals surface area contributed by atoms with Crippen LogP contribution in [0.1, 0.15) is 6.42 Å². The second-order valence-corrected chi connectivity index (χ2v) is 2.05. The molecular formula is C6H14N2O2. The second-order valence-electron chi connectivity index (χ2n) is 2.05. The minimum atomic E-state index is -0.117. The van der Waals surface area contributed by atoms with Gasteiger partial charge in [0.1, 0.15) is 0 Å². The number of nitrogens with one attached hydrogen (secondary N) is 1. The number of carbonyl (C=O) groups is 1. The number of carbonyl (C=O) groups excluding carboxylic acids is 1. The van der Waals surface area contributed by atoms with Crippen LogP contribution in [-0.2, 0) is 0 Å². The number of hydrogen-bond acceptors (Lipinski definition) is 2. The number of aliphatic hydroxyl groups is 1. The van der Waals surface area contributed by atoms with E-state index in [0.29, 0.717) is 13.0 Å². The van der Waals surface area contributed by atoms with Gasteiger partial charge in [-0.1, -0.05) is 0 Å². The Bertz CT molecular complexity index is 106. The van der Waals surface area contributed by atoms with E-state index in [1.54, 1.807) is 14.1 Å². The first-order valence-electron chi connectivity index (χ1n) is 3.26. The molecule has 4 heteroatoms. The van der Waals surface area contributed by atoms with Crippen molar-refractivity contribution in [1.29, 1.82) is 0 Å². The fourth-order valence-electron chi connectivity index (χ4n) is 0.600. The molecular weight excluding hydrogens is 132 g/mol. The monoisotopic (exact) mass is 146 g/mol. The summed E-state index contributed by atoms with van der Waals surface area (Å²) in [5.41, 5.74) is 0. The summed E-state index contributed by atoms with van der Waals surface area (Å²) in [7, 11) is 3.27. The van der Waals surface area contributed by atoms with E-state index in [1.165, 1.54) is 4.90 Å². The lowest BCUT2D eigenvalue weighted by molar-refractivity contribution is 0.203. The molecule has 0 aromatic carbocycles. The van der Waals surface area contributed by atoms with Crippen LogP contribution >= 0.6 is 0 Å². The van der Waals surface area contributed by atoms with E-state index in [-0.39, 0.29) is 12.6 Å². The average Bonchev–Trinajstić information content (AvgIpc) is 1.98. The van der Waals surface area contributed by atoms with Crippen molar-refractivity contribution in [1.82, 2.24) is 10.2 Å². The van der Waals surface area contributed by atoms with Gasteiger partial charge in [0.2, 0.25) is 0 Å². The van der Waals surface area contributed by atoms with Crippen LogP contribution < -0.4 is 5.32 Å². The standard InChI is InChI=1S/C6H14N2O2/c1-7-6(10)8(2)4-3-5-9/h9H,3-5H2,1-2H3,(H,7,10). The van der Waals surface area contributed by atoms with Crippen LogP contribution in [0.25, 0.3) is 0 Å². The summed E-state index contributed by atoms with van der Waals surface area (Å²) in [5.74, 6) is 0. The molecule has 10 heavy (non-hydrogen) atoms. The lowest BCUT2D eigenvalue weighted by atomic mass is 10.4. The summed E-state index contributed by atoms with van der Waals surface area (Å²) in [6.07, 6.45) is 0.629. The zero-order valence-corrected chi connectivity index (χ0v) is 6.42. The summed E-state index contributed by atoms with van der Waals surface area (Å²) in [6.45, 7) is 0.720. The largest absolute Gasteiger partial charge is 0.396 e. The van der Waals surface area contributed by atoms with Crippen molar-refractivity contribution in [3.63, 3.8) is 0 Å². The summed E-state index contributed by atoms with van der Waals surface area (Å²) in [4.78, 5) is 12.3. The van der Waals surface area contributed by atoms with Gasteiger partial charge in [-0.3, -0.25) is 0 Å². The number of aliphatic hydroxyl groups excluding tert-OH is 1. The highest BCUT2D eigenvalue weighted by molar-refractivity contribution is 5.73. The number of nitrogens with zero attached hydrogens (tertiary/aromatic N) is 1. The molecule has 0 rings (SSSR count). The van der Waals surface area contributed by atoms with Gasteiger partial charge in [0, 0.05) is 27.2 Å². The first kappa shape index (κ1) is 9.23. The smallest absolute Gasteiger partial charge is 0.316 e. The topological polar surface area (TPSA) is 52.6 Å². The van der Waals surface area contributed by atoms with Crippen molar-refractivity contribution in [3.05, 3.63) is 0 Å². The highest BCUT2D eigenvalue weighted by Crippen LogP contribution is 1.85. The van der Waals surface area contributed by atoms with E-state index in [2.05, 4.69) is 5.32 Å². The van der Waals surface area contributed by atoms with Gasteiger partial charge in [-0.05, 0) is 6.42 Å². The molecule has 0 heterocycles. The molecule has 0 unspecified atom stereocenters. The molecule has 0 aliphatic rings. The number of rotatable bonds is 3. The molecule has 4 nitrogen and oxygen atoms in total. The first-order valence-corrected chi connectivity index (χ1v) is 3.26. The molecule has 2 amide bonds. The van der Waals surface area contributed by atoms with Gasteiger partial charge in [-0.2, -0.15) is 0 Å². The predicted molar refractivity (Wildman–Crippen MR) is 38.8 cm³/mol. The predicted octanol–water partition coefficient (Wildman–Crippen LogP) is -0.360. The zero-order chi connectivity index (χ0) is 7.98. The van der Waals surface area contributed by atoms with Gasteiger partial charge in [0.25, 0.3) is 0 Å². The zero-order valence-electron chi connectivity index (χ0n) is 6.42. The molecule has 0 bridgehead atoms. The maximum absolute atomic E-state index is 10.8. The van der Waals surface area contributed by atoms with Crippen LogP contribution in [0.3, 0.4) is 0 Å². The van der Waals surface area contributed by atoms with Crippen LogP contribution in [0.15, 0.2) is 0 Å². The molecule has 60 valence electrons. The Kier molecular flexibility index (Phi) is 4.66. The van der Waals surface area contributed by atoms with Crippen LogP contribution in [0.5, 0.6) is 0 Å². The van der Waals surface area contributed by atoms with Crippen molar-refractivity contribution in [2.45, 2.75) is 6.42 Å². The van der Waals surface area contributed by atoms with Crippen LogP contribution in [0, 0.1) is 0 Å². The minimum absolute atomic E-state index is 0.117. The molecule has 0 aromatic rings.